The van der Waals surface area contributed by atoms with Gasteiger partial charge in [-0.3, -0.25) is 0 Å². The van der Waals surface area contributed by atoms with Crippen molar-refractivity contribution in [2.24, 2.45) is 5.41 Å². The number of aromatic nitrogens is 2. The monoisotopic (exact) mass is 288 g/mol. The van der Waals surface area contributed by atoms with Crippen molar-refractivity contribution in [2.45, 2.75) is 38.5 Å². The Kier molecular flexibility index (Phi) is 4.61. The maximum atomic E-state index is 10.0. The average molecular weight is 288 g/mol. The van der Waals surface area contributed by atoms with Gasteiger partial charge in [0.1, 0.15) is 0 Å². The lowest BCUT2D eigenvalue weighted by Crippen LogP contribution is -2.28. The van der Waals surface area contributed by atoms with Crippen molar-refractivity contribution in [3.63, 3.8) is 0 Å². The van der Waals surface area contributed by atoms with Crippen LogP contribution in [0.3, 0.4) is 0 Å². The van der Waals surface area contributed by atoms with Crippen LogP contribution in [0.5, 0.6) is 0 Å². The summed E-state index contributed by atoms with van der Waals surface area (Å²) in [5.41, 5.74) is -0.163. The molecule has 1 aromatic heterocycles. The van der Waals surface area contributed by atoms with Gasteiger partial charge in [0.15, 0.2) is 5.82 Å². The molecule has 0 bridgehead atoms. The molecule has 1 aromatic rings. The van der Waals surface area contributed by atoms with E-state index >= 15 is 0 Å². The van der Waals surface area contributed by atoms with E-state index < -0.39 is 6.10 Å². The molecule has 2 rings (SSSR count). The zero-order chi connectivity index (χ0) is 13.2. The van der Waals surface area contributed by atoms with E-state index in [-0.39, 0.29) is 5.41 Å². The topological polar surface area (TPSA) is 59.2 Å². The number of aliphatic hydroxyl groups is 1. The molecule has 0 radical (unpaired) electrons. The summed E-state index contributed by atoms with van der Waals surface area (Å²) in [7, 11) is 0. The van der Waals surface area contributed by atoms with Gasteiger partial charge in [0.2, 0.25) is 5.89 Å². The summed E-state index contributed by atoms with van der Waals surface area (Å²) >= 11 is 3.82. The van der Waals surface area contributed by atoms with Gasteiger partial charge in [0.25, 0.3) is 0 Å². The second kappa shape index (κ2) is 5.84. The summed E-state index contributed by atoms with van der Waals surface area (Å²) in [5.74, 6) is 4.72. The summed E-state index contributed by atoms with van der Waals surface area (Å²) in [5, 5.41) is 14.4. The fraction of sp³-hybridized carbons (Fsp3) is 0.833. The minimum absolute atomic E-state index is 0.163. The first kappa shape index (κ1) is 14.2. The largest absolute Gasteiger partial charge is 0.392 e. The SMILES string of the molecule is CC(C)(C)C(O)Cc1nc(C2CSCCS2)no1. The highest BCUT2D eigenvalue weighted by Gasteiger charge is 2.26. The number of nitrogens with zero attached hydrogens (tertiary/aromatic N) is 2. The third-order valence-corrected chi connectivity index (χ3v) is 5.71. The fourth-order valence-electron chi connectivity index (χ4n) is 1.59. The molecule has 2 unspecified atom stereocenters. The van der Waals surface area contributed by atoms with E-state index in [0.717, 1.165) is 17.3 Å². The predicted molar refractivity (Wildman–Crippen MR) is 76.0 cm³/mol. The Balaban J connectivity index is 1.97. The summed E-state index contributed by atoms with van der Waals surface area (Å²) in [6.07, 6.45) is -0.0275. The molecular weight excluding hydrogens is 268 g/mol. The minimum atomic E-state index is -0.459. The van der Waals surface area contributed by atoms with Crippen LogP contribution in [-0.2, 0) is 6.42 Å². The molecule has 0 aromatic carbocycles. The van der Waals surface area contributed by atoms with Crippen LogP contribution in [0.25, 0.3) is 0 Å². The minimum Gasteiger partial charge on any atom is -0.392 e. The van der Waals surface area contributed by atoms with Crippen molar-refractivity contribution in [2.75, 3.05) is 17.3 Å². The standard InChI is InChI=1S/C12H20N2O2S2/c1-12(2,3)9(15)6-10-13-11(14-16-10)8-7-17-4-5-18-8/h8-9,15H,4-7H2,1-3H3. The highest BCUT2D eigenvalue weighted by molar-refractivity contribution is 8.06. The average Bonchev–Trinajstić information content (AvgIpc) is 2.77. The Labute approximate surface area is 116 Å². The Morgan fingerprint density at radius 1 is 1.44 bits per heavy atom. The Hall–Kier alpha value is -0.200. The fourth-order valence-corrected chi connectivity index (χ4v) is 4.18. The molecule has 2 heterocycles. The van der Waals surface area contributed by atoms with E-state index in [1.807, 2.05) is 44.3 Å². The zero-order valence-corrected chi connectivity index (χ0v) is 12.7. The molecule has 0 spiro atoms. The zero-order valence-electron chi connectivity index (χ0n) is 11.0. The molecule has 102 valence electrons. The van der Waals surface area contributed by atoms with Gasteiger partial charge in [-0.05, 0) is 5.41 Å². The first-order valence-corrected chi connectivity index (χ1v) is 8.37. The first-order valence-electron chi connectivity index (χ1n) is 6.16. The summed E-state index contributed by atoms with van der Waals surface area (Å²) in [6.45, 7) is 6.01. The second-order valence-corrected chi connectivity index (χ2v) is 8.03. The molecule has 1 saturated heterocycles. The summed E-state index contributed by atoms with van der Waals surface area (Å²) < 4.78 is 5.24. The second-order valence-electron chi connectivity index (χ2n) is 5.57. The van der Waals surface area contributed by atoms with Crippen LogP contribution in [0.4, 0.5) is 0 Å². The van der Waals surface area contributed by atoms with Crippen LogP contribution in [0.2, 0.25) is 0 Å². The van der Waals surface area contributed by atoms with Crippen molar-refractivity contribution in [1.82, 2.24) is 10.1 Å². The highest BCUT2D eigenvalue weighted by Crippen LogP contribution is 2.35. The van der Waals surface area contributed by atoms with Crippen molar-refractivity contribution in [3.05, 3.63) is 11.7 Å². The van der Waals surface area contributed by atoms with Gasteiger partial charge in [-0.25, -0.2) is 0 Å². The molecule has 4 nitrogen and oxygen atoms in total. The first-order chi connectivity index (χ1) is 8.47. The molecule has 1 aliphatic heterocycles. The van der Waals surface area contributed by atoms with E-state index in [0.29, 0.717) is 17.6 Å². The lowest BCUT2D eigenvalue weighted by atomic mass is 9.87. The van der Waals surface area contributed by atoms with Gasteiger partial charge in [0.05, 0.1) is 17.8 Å². The molecule has 6 heteroatoms. The molecule has 18 heavy (non-hydrogen) atoms. The molecule has 1 fully saturated rings. The Morgan fingerprint density at radius 2 is 2.22 bits per heavy atom. The number of thioether (sulfide) groups is 2. The van der Waals surface area contributed by atoms with Crippen LogP contribution in [0.1, 0.15) is 37.7 Å². The summed E-state index contributed by atoms with van der Waals surface area (Å²) in [6, 6.07) is 0. The van der Waals surface area contributed by atoms with Gasteiger partial charge in [-0.2, -0.15) is 16.7 Å². The van der Waals surface area contributed by atoms with Crippen molar-refractivity contribution >= 4 is 23.5 Å². The predicted octanol–water partition coefficient (Wildman–Crippen LogP) is 2.54. The number of aliphatic hydroxyl groups excluding tert-OH is 1. The van der Waals surface area contributed by atoms with Gasteiger partial charge in [0, 0.05) is 17.3 Å². The lowest BCUT2D eigenvalue weighted by molar-refractivity contribution is 0.0565. The van der Waals surface area contributed by atoms with Crippen molar-refractivity contribution in [3.8, 4) is 0 Å². The highest BCUT2D eigenvalue weighted by atomic mass is 32.2. The van der Waals surface area contributed by atoms with Gasteiger partial charge >= 0.3 is 0 Å². The van der Waals surface area contributed by atoms with E-state index in [4.69, 9.17) is 4.52 Å². The van der Waals surface area contributed by atoms with E-state index in [1.165, 1.54) is 5.75 Å². The van der Waals surface area contributed by atoms with E-state index in [9.17, 15) is 5.11 Å². The number of rotatable bonds is 3. The molecule has 0 saturated carbocycles. The maximum Gasteiger partial charge on any atom is 0.229 e. The van der Waals surface area contributed by atoms with E-state index in [1.54, 1.807) is 0 Å². The lowest BCUT2D eigenvalue weighted by Gasteiger charge is -2.24. The summed E-state index contributed by atoms with van der Waals surface area (Å²) in [4.78, 5) is 4.42. The van der Waals surface area contributed by atoms with Crippen LogP contribution >= 0.6 is 23.5 Å². The smallest absolute Gasteiger partial charge is 0.229 e. The third kappa shape index (κ3) is 3.65. The van der Waals surface area contributed by atoms with Crippen molar-refractivity contribution in [1.29, 1.82) is 0 Å². The number of hydrogen-bond donors (Lipinski definition) is 1. The Bertz CT molecular complexity index is 384. The van der Waals surface area contributed by atoms with Gasteiger partial charge in [-0.1, -0.05) is 25.9 Å². The van der Waals surface area contributed by atoms with Crippen molar-refractivity contribution < 1.29 is 9.63 Å². The quantitative estimate of drug-likeness (QED) is 0.922. The normalized spacial score (nSPS) is 23.0. The third-order valence-electron chi connectivity index (χ3n) is 2.96. The van der Waals surface area contributed by atoms with Crippen LogP contribution in [0, 0.1) is 5.41 Å². The van der Waals surface area contributed by atoms with E-state index in [2.05, 4.69) is 10.1 Å². The van der Waals surface area contributed by atoms with Crippen LogP contribution in [-0.4, -0.2) is 38.6 Å². The molecule has 1 N–H and O–H groups in total. The molecular formula is C12H20N2O2S2. The molecule has 1 aliphatic rings. The molecule has 0 aliphatic carbocycles. The maximum absolute atomic E-state index is 10.0. The Morgan fingerprint density at radius 3 is 2.83 bits per heavy atom. The molecule has 2 atom stereocenters. The van der Waals surface area contributed by atoms with Gasteiger partial charge < -0.3 is 9.63 Å². The number of hydrogen-bond acceptors (Lipinski definition) is 6. The van der Waals surface area contributed by atoms with Crippen LogP contribution < -0.4 is 0 Å². The molecule has 0 amide bonds. The van der Waals surface area contributed by atoms with Gasteiger partial charge in [-0.15, -0.1) is 11.8 Å². The van der Waals surface area contributed by atoms with Crippen LogP contribution in [0.15, 0.2) is 4.52 Å².